The number of carbonyl (C=O) groups excluding carboxylic acids is 3. The van der Waals surface area contributed by atoms with E-state index in [1.807, 2.05) is 52.0 Å². The summed E-state index contributed by atoms with van der Waals surface area (Å²) < 4.78 is 27.2. The summed E-state index contributed by atoms with van der Waals surface area (Å²) in [6.45, 7) is 13.0. The number of esters is 1. The predicted molar refractivity (Wildman–Crippen MR) is 123 cm³/mol. The molecule has 1 unspecified atom stereocenters. The van der Waals surface area contributed by atoms with Gasteiger partial charge >= 0.3 is 19.2 Å². The van der Waals surface area contributed by atoms with Crippen molar-refractivity contribution in [3.63, 3.8) is 0 Å². The maximum atomic E-state index is 12.0. The highest BCUT2D eigenvalue weighted by molar-refractivity contribution is 6.62. The maximum Gasteiger partial charge on any atom is 0.508 e. The molecule has 1 aromatic rings. The molecule has 1 aliphatic rings. The Kier molecular flexibility index (Phi) is 9.08. The molecule has 0 aliphatic carbocycles. The average molecular weight is 462 g/mol. The number of hydrogen-bond donors (Lipinski definition) is 0. The second-order valence-electron chi connectivity index (χ2n) is 9.49. The van der Waals surface area contributed by atoms with E-state index in [4.69, 9.17) is 23.5 Å². The Morgan fingerprint density at radius 2 is 1.52 bits per heavy atom. The summed E-state index contributed by atoms with van der Waals surface area (Å²) in [6.07, 6.45) is -0.673. The summed E-state index contributed by atoms with van der Waals surface area (Å²) in [6, 6.07) is 7.43. The number of rotatable bonds is 10. The second kappa shape index (κ2) is 11.2. The van der Waals surface area contributed by atoms with Crippen molar-refractivity contribution < 1.29 is 37.9 Å². The largest absolute Gasteiger partial charge is 0.508 e. The molecule has 1 heterocycles. The zero-order valence-corrected chi connectivity index (χ0v) is 20.6. The van der Waals surface area contributed by atoms with Crippen molar-refractivity contribution in [2.75, 3.05) is 6.61 Å². The summed E-state index contributed by atoms with van der Waals surface area (Å²) in [4.78, 5) is 35.6. The standard InChI is InChI=1S/C24H35BO8/c1-16(2)31-21(27)17(3)20(26)9-8-14-29-22(28)30-15-18-10-12-19(13-11-18)25-32-23(4,5)24(6,7)33-25/h10-13,16-17H,8-9,14-15H2,1-7H3. The van der Waals surface area contributed by atoms with E-state index >= 15 is 0 Å². The maximum absolute atomic E-state index is 12.0. The van der Waals surface area contributed by atoms with Gasteiger partial charge in [-0.3, -0.25) is 9.59 Å². The number of ether oxygens (including phenoxy) is 3. The minimum atomic E-state index is -0.834. The molecule has 0 amide bonds. The van der Waals surface area contributed by atoms with E-state index < -0.39 is 36.4 Å². The molecular weight excluding hydrogens is 427 g/mol. The molecule has 1 fully saturated rings. The molecule has 0 N–H and O–H groups in total. The van der Waals surface area contributed by atoms with Gasteiger partial charge in [-0.15, -0.1) is 0 Å². The van der Waals surface area contributed by atoms with Crippen LogP contribution < -0.4 is 5.46 Å². The van der Waals surface area contributed by atoms with Crippen LogP contribution in [0.3, 0.4) is 0 Å². The van der Waals surface area contributed by atoms with Crippen LogP contribution in [0.5, 0.6) is 0 Å². The third-order valence-corrected chi connectivity index (χ3v) is 5.84. The Bertz CT molecular complexity index is 815. The molecule has 1 atom stereocenters. The molecule has 0 bridgehead atoms. The third-order valence-electron chi connectivity index (χ3n) is 5.84. The van der Waals surface area contributed by atoms with Gasteiger partial charge in [-0.25, -0.2) is 4.79 Å². The Morgan fingerprint density at radius 3 is 2.06 bits per heavy atom. The van der Waals surface area contributed by atoms with Crippen LogP contribution in [-0.2, 0) is 39.7 Å². The van der Waals surface area contributed by atoms with Gasteiger partial charge in [-0.1, -0.05) is 24.3 Å². The minimum absolute atomic E-state index is 0.0252. The quantitative estimate of drug-likeness (QED) is 0.225. The number of ketones is 1. The zero-order valence-electron chi connectivity index (χ0n) is 20.6. The summed E-state index contributed by atoms with van der Waals surface area (Å²) in [5.74, 6) is -1.63. The highest BCUT2D eigenvalue weighted by Gasteiger charge is 2.51. The predicted octanol–water partition coefficient (Wildman–Crippen LogP) is 3.58. The zero-order chi connectivity index (χ0) is 24.8. The highest BCUT2D eigenvalue weighted by Crippen LogP contribution is 2.36. The first kappa shape index (κ1) is 26.9. The molecule has 1 aromatic carbocycles. The molecule has 182 valence electrons. The van der Waals surface area contributed by atoms with Gasteiger partial charge in [0.25, 0.3) is 0 Å². The van der Waals surface area contributed by atoms with E-state index in [9.17, 15) is 14.4 Å². The summed E-state index contributed by atoms with van der Waals surface area (Å²) in [7, 11) is -0.451. The number of benzene rings is 1. The highest BCUT2D eigenvalue weighted by atomic mass is 16.7. The van der Waals surface area contributed by atoms with Crippen LogP contribution in [0.25, 0.3) is 0 Å². The lowest BCUT2D eigenvalue weighted by Crippen LogP contribution is -2.41. The van der Waals surface area contributed by atoms with Crippen LogP contribution in [-0.4, -0.2) is 48.9 Å². The Balaban J connectivity index is 1.69. The Labute approximate surface area is 196 Å². The fraction of sp³-hybridized carbons (Fsp3) is 0.625. The van der Waals surface area contributed by atoms with Crippen molar-refractivity contribution >= 4 is 30.5 Å². The molecule has 0 aromatic heterocycles. The van der Waals surface area contributed by atoms with E-state index in [0.717, 1.165) is 11.0 Å². The minimum Gasteiger partial charge on any atom is -0.462 e. The van der Waals surface area contributed by atoms with Crippen LogP contribution in [0, 0.1) is 5.92 Å². The first-order valence-corrected chi connectivity index (χ1v) is 11.3. The first-order chi connectivity index (χ1) is 15.3. The van der Waals surface area contributed by atoms with Crippen LogP contribution in [0.4, 0.5) is 4.79 Å². The summed E-state index contributed by atoms with van der Waals surface area (Å²) in [5.41, 5.74) is 0.850. The molecule has 8 nitrogen and oxygen atoms in total. The van der Waals surface area contributed by atoms with Crippen molar-refractivity contribution in [2.45, 2.75) is 85.2 Å². The SMILES string of the molecule is CC(C)OC(=O)C(C)C(=O)CCCOC(=O)OCc1ccc(B2OC(C)(C)C(C)(C)O2)cc1. The molecule has 0 radical (unpaired) electrons. The van der Waals surface area contributed by atoms with Gasteiger partial charge in [-0.2, -0.15) is 0 Å². The normalized spacial score (nSPS) is 17.5. The average Bonchev–Trinajstić information content (AvgIpc) is 2.95. The fourth-order valence-electron chi connectivity index (χ4n) is 3.02. The van der Waals surface area contributed by atoms with Crippen molar-refractivity contribution in [1.29, 1.82) is 0 Å². The smallest absolute Gasteiger partial charge is 0.462 e. The van der Waals surface area contributed by atoms with Gasteiger partial charge in [-0.05, 0) is 65.9 Å². The third kappa shape index (κ3) is 7.57. The van der Waals surface area contributed by atoms with E-state index in [2.05, 4.69) is 0 Å². The van der Waals surface area contributed by atoms with Gasteiger partial charge in [0.15, 0.2) is 0 Å². The lowest BCUT2D eigenvalue weighted by Gasteiger charge is -2.32. The van der Waals surface area contributed by atoms with Crippen LogP contribution in [0.1, 0.15) is 66.9 Å². The van der Waals surface area contributed by atoms with Gasteiger partial charge in [0.2, 0.25) is 0 Å². The molecular formula is C24H35BO8. The van der Waals surface area contributed by atoms with Crippen LogP contribution >= 0.6 is 0 Å². The fourth-order valence-corrected chi connectivity index (χ4v) is 3.02. The summed E-state index contributed by atoms with van der Waals surface area (Å²) in [5, 5.41) is 0. The first-order valence-electron chi connectivity index (χ1n) is 11.3. The Hall–Kier alpha value is -2.39. The van der Waals surface area contributed by atoms with Crippen LogP contribution in [0.2, 0.25) is 0 Å². The van der Waals surface area contributed by atoms with Crippen molar-refractivity contribution in [1.82, 2.24) is 0 Å². The van der Waals surface area contributed by atoms with Crippen LogP contribution in [0.15, 0.2) is 24.3 Å². The number of hydrogen-bond acceptors (Lipinski definition) is 8. The van der Waals surface area contributed by atoms with E-state index in [1.165, 1.54) is 6.92 Å². The number of Topliss-reactive ketones (excluding diaryl/α,β-unsaturated/α-hetero) is 1. The van der Waals surface area contributed by atoms with Crippen molar-refractivity contribution in [2.24, 2.45) is 5.92 Å². The molecule has 1 aliphatic heterocycles. The van der Waals surface area contributed by atoms with Crippen molar-refractivity contribution in [3.8, 4) is 0 Å². The topological polar surface area (TPSA) is 97.4 Å². The monoisotopic (exact) mass is 462 g/mol. The summed E-state index contributed by atoms with van der Waals surface area (Å²) >= 11 is 0. The lowest BCUT2D eigenvalue weighted by atomic mass is 9.79. The van der Waals surface area contributed by atoms with E-state index in [1.54, 1.807) is 13.8 Å². The van der Waals surface area contributed by atoms with E-state index in [0.29, 0.717) is 6.42 Å². The van der Waals surface area contributed by atoms with Gasteiger partial charge in [0.05, 0.1) is 23.9 Å². The molecule has 9 heteroatoms. The molecule has 0 spiro atoms. The molecule has 2 rings (SSSR count). The Morgan fingerprint density at radius 1 is 0.939 bits per heavy atom. The number of carbonyl (C=O) groups is 3. The van der Waals surface area contributed by atoms with Gasteiger partial charge in [0.1, 0.15) is 18.3 Å². The molecule has 33 heavy (non-hydrogen) atoms. The van der Waals surface area contributed by atoms with Gasteiger partial charge in [0, 0.05) is 6.42 Å². The molecule has 0 saturated carbocycles. The lowest BCUT2D eigenvalue weighted by molar-refractivity contribution is -0.154. The molecule has 1 saturated heterocycles. The second-order valence-corrected chi connectivity index (χ2v) is 9.49. The van der Waals surface area contributed by atoms with Gasteiger partial charge < -0.3 is 23.5 Å². The van der Waals surface area contributed by atoms with E-state index in [-0.39, 0.29) is 31.5 Å². The van der Waals surface area contributed by atoms with Crippen molar-refractivity contribution in [3.05, 3.63) is 29.8 Å².